The summed E-state index contributed by atoms with van der Waals surface area (Å²) >= 11 is 1.45. The molecule has 1 aliphatic rings. The molecule has 21 heavy (non-hydrogen) atoms. The molecule has 1 amide bonds. The van der Waals surface area contributed by atoms with Gasteiger partial charge in [0.2, 0.25) is 0 Å². The summed E-state index contributed by atoms with van der Waals surface area (Å²) in [5, 5.41) is 8.76. The van der Waals surface area contributed by atoms with E-state index in [1.54, 1.807) is 0 Å². The summed E-state index contributed by atoms with van der Waals surface area (Å²) in [6.45, 7) is 6.66. The molecule has 0 aliphatic carbocycles. The average molecular weight is 306 g/mol. The van der Waals surface area contributed by atoms with Gasteiger partial charge in [0.1, 0.15) is 0 Å². The maximum absolute atomic E-state index is 12.6. The second-order valence-electron chi connectivity index (χ2n) is 5.48. The maximum Gasteiger partial charge on any atom is 0.264 e. The molecule has 0 bridgehead atoms. The molecule has 4 nitrogen and oxygen atoms in total. The molecule has 0 spiro atoms. The molecule has 1 aromatic rings. The van der Waals surface area contributed by atoms with Gasteiger partial charge in [-0.2, -0.15) is 0 Å². The Morgan fingerprint density at radius 1 is 1.52 bits per heavy atom. The van der Waals surface area contributed by atoms with Crippen molar-refractivity contribution in [1.29, 1.82) is 0 Å². The standard InChI is InChI=1S/C16H22N2O2S/c1-12-10-15(21-14(12)6-4-5-9-19)16(20)18-8-7-17(3)13(2)11-18/h10,13,19H,5,7-9,11H2,1-3H3. The van der Waals surface area contributed by atoms with Crippen molar-refractivity contribution >= 4 is 17.2 Å². The maximum atomic E-state index is 12.6. The fourth-order valence-electron chi connectivity index (χ4n) is 2.30. The monoisotopic (exact) mass is 306 g/mol. The van der Waals surface area contributed by atoms with Gasteiger partial charge in [0.25, 0.3) is 5.91 Å². The molecular weight excluding hydrogens is 284 g/mol. The van der Waals surface area contributed by atoms with Crippen molar-refractivity contribution in [3.05, 3.63) is 21.4 Å². The number of aliphatic hydroxyl groups excluding tert-OH is 1. The van der Waals surface area contributed by atoms with Crippen LogP contribution in [-0.2, 0) is 0 Å². The topological polar surface area (TPSA) is 43.8 Å². The Labute approximate surface area is 130 Å². The summed E-state index contributed by atoms with van der Waals surface area (Å²) < 4.78 is 0. The Bertz CT molecular complexity index is 571. The molecule has 1 saturated heterocycles. The third kappa shape index (κ3) is 3.85. The molecule has 1 atom stereocenters. The fourth-order valence-corrected chi connectivity index (χ4v) is 3.31. The van der Waals surface area contributed by atoms with Crippen molar-refractivity contribution in [2.75, 3.05) is 33.3 Å². The van der Waals surface area contributed by atoms with Gasteiger partial charge in [0, 0.05) is 32.1 Å². The first-order chi connectivity index (χ1) is 10.0. The van der Waals surface area contributed by atoms with Crippen LogP contribution in [0.1, 0.15) is 33.5 Å². The van der Waals surface area contributed by atoms with Gasteiger partial charge in [-0.05, 0) is 32.5 Å². The number of nitrogens with zero attached hydrogens (tertiary/aromatic N) is 2. The fraction of sp³-hybridized carbons (Fsp3) is 0.562. The Balaban J connectivity index is 2.10. The zero-order chi connectivity index (χ0) is 15.4. The lowest BCUT2D eigenvalue weighted by molar-refractivity contribution is 0.0577. The first-order valence-corrected chi connectivity index (χ1v) is 8.04. The summed E-state index contributed by atoms with van der Waals surface area (Å²) in [5.41, 5.74) is 1.04. The molecule has 1 aromatic heterocycles. The summed E-state index contributed by atoms with van der Waals surface area (Å²) in [7, 11) is 2.09. The van der Waals surface area contributed by atoms with Crippen LogP contribution >= 0.6 is 11.3 Å². The van der Waals surface area contributed by atoms with Gasteiger partial charge in [-0.1, -0.05) is 11.8 Å². The molecular formula is C16H22N2O2S. The highest BCUT2D eigenvalue weighted by Crippen LogP contribution is 2.23. The van der Waals surface area contributed by atoms with E-state index >= 15 is 0 Å². The van der Waals surface area contributed by atoms with Crippen LogP contribution in [-0.4, -0.2) is 60.1 Å². The summed E-state index contributed by atoms with van der Waals surface area (Å²) in [4.78, 5) is 18.5. The van der Waals surface area contributed by atoms with Gasteiger partial charge in [-0.25, -0.2) is 0 Å². The van der Waals surface area contributed by atoms with E-state index in [4.69, 9.17) is 5.11 Å². The van der Waals surface area contributed by atoms with Gasteiger partial charge >= 0.3 is 0 Å². The number of amides is 1. The van der Waals surface area contributed by atoms with Crippen LogP contribution in [0.4, 0.5) is 0 Å². The van der Waals surface area contributed by atoms with E-state index in [2.05, 4.69) is 30.7 Å². The first-order valence-electron chi connectivity index (χ1n) is 7.22. The van der Waals surface area contributed by atoms with Crippen molar-refractivity contribution < 1.29 is 9.90 Å². The van der Waals surface area contributed by atoms with E-state index in [0.29, 0.717) is 12.5 Å². The molecule has 0 aromatic carbocycles. The number of hydrogen-bond donors (Lipinski definition) is 1. The largest absolute Gasteiger partial charge is 0.395 e. The van der Waals surface area contributed by atoms with Gasteiger partial charge in [-0.3, -0.25) is 4.79 Å². The highest BCUT2D eigenvalue weighted by atomic mass is 32.1. The minimum atomic E-state index is 0.0718. The molecule has 5 heteroatoms. The van der Waals surface area contributed by atoms with Crippen molar-refractivity contribution in [3.63, 3.8) is 0 Å². The number of piperazine rings is 1. The van der Waals surface area contributed by atoms with Gasteiger partial charge in [0.15, 0.2) is 0 Å². The number of aliphatic hydroxyl groups is 1. The van der Waals surface area contributed by atoms with Crippen LogP contribution in [0.15, 0.2) is 6.07 Å². The van der Waals surface area contributed by atoms with E-state index in [9.17, 15) is 4.79 Å². The number of carbonyl (C=O) groups is 1. The third-order valence-electron chi connectivity index (χ3n) is 3.81. The summed E-state index contributed by atoms with van der Waals surface area (Å²) in [5.74, 6) is 6.06. The number of hydrogen-bond acceptors (Lipinski definition) is 4. The SMILES string of the molecule is Cc1cc(C(=O)N2CCN(C)C(C)C2)sc1C#CCCO. The number of likely N-dealkylation sites (N-methyl/N-ethyl adjacent to an activating group) is 1. The Morgan fingerprint density at radius 2 is 2.29 bits per heavy atom. The van der Waals surface area contributed by atoms with Crippen molar-refractivity contribution in [2.24, 2.45) is 0 Å². The van der Waals surface area contributed by atoms with E-state index in [1.165, 1.54) is 11.3 Å². The zero-order valence-electron chi connectivity index (χ0n) is 12.8. The van der Waals surface area contributed by atoms with E-state index in [1.807, 2.05) is 17.9 Å². The van der Waals surface area contributed by atoms with Crippen molar-refractivity contribution in [3.8, 4) is 11.8 Å². The predicted octanol–water partition coefficient (Wildman–Crippen LogP) is 1.57. The van der Waals surface area contributed by atoms with Crippen LogP contribution in [0.5, 0.6) is 0 Å². The van der Waals surface area contributed by atoms with Crippen LogP contribution in [0.2, 0.25) is 0 Å². The van der Waals surface area contributed by atoms with Crippen LogP contribution < -0.4 is 0 Å². The van der Waals surface area contributed by atoms with Crippen molar-refractivity contribution in [1.82, 2.24) is 9.80 Å². The lowest BCUT2D eigenvalue weighted by Gasteiger charge is -2.37. The quantitative estimate of drug-likeness (QED) is 0.844. The molecule has 0 radical (unpaired) electrons. The number of aryl methyl sites for hydroxylation is 1. The molecule has 2 rings (SSSR count). The van der Waals surface area contributed by atoms with Crippen LogP contribution in [0, 0.1) is 18.8 Å². The molecule has 1 fully saturated rings. The Hall–Kier alpha value is -1.35. The smallest absolute Gasteiger partial charge is 0.264 e. The molecule has 1 unspecified atom stereocenters. The lowest BCUT2D eigenvalue weighted by atomic mass is 10.2. The second kappa shape index (κ2) is 7.08. The summed E-state index contributed by atoms with van der Waals surface area (Å²) in [6, 6.07) is 2.33. The van der Waals surface area contributed by atoms with Crippen molar-refractivity contribution in [2.45, 2.75) is 26.3 Å². The third-order valence-corrected chi connectivity index (χ3v) is 4.95. The van der Waals surface area contributed by atoms with E-state index < -0.39 is 0 Å². The molecule has 2 heterocycles. The number of thiophene rings is 1. The highest BCUT2D eigenvalue weighted by Gasteiger charge is 2.26. The van der Waals surface area contributed by atoms with Crippen LogP contribution in [0.25, 0.3) is 0 Å². The molecule has 114 valence electrons. The highest BCUT2D eigenvalue weighted by molar-refractivity contribution is 7.14. The Morgan fingerprint density at radius 3 is 2.95 bits per heavy atom. The van der Waals surface area contributed by atoms with Crippen LogP contribution in [0.3, 0.4) is 0 Å². The molecule has 0 saturated carbocycles. The molecule has 1 N–H and O–H groups in total. The lowest BCUT2D eigenvalue weighted by Crippen LogP contribution is -2.51. The summed E-state index contributed by atoms with van der Waals surface area (Å²) in [6.07, 6.45) is 0.469. The minimum Gasteiger partial charge on any atom is -0.395 e. The predicted molar refractivity (Wildman–Crippen MR) is 85.6 cm³/mol. The number of carbonyl (C=O) groups excluding carboxylic acids is 1. The normalized spacial score (nSPS) is 19.2. The number of rotatable bonds is 2. The molecule has 1 aliphatic heterocycles. The van der Waals surface area contributed by atoms with E-state index in [0.717, 1.165) is 35.0 Å². The first kappa shape index (κ1) is 16.0. The van der Waals surface area contributed by atoms with Gasteiger partial charge < -0.3 is 14.9 Å². The Kier molecular flexibility index (Phi) is 5.40. The average Bonchev–Trinajstić information content (AvgIpc) is 2.83. The van der Waals surface area contributed by atoms with Gasteiger partial charge in [0.05, 0.1) is 16.4 Å². The second-order valence-corrected chi connectivity index (χ2v) is 6.53. The zero-order valence-corrected chi connectivity index (χ0v) is 13.7. The van der Waals surface area contributed by atoms with E-state index in [-0.39, 0.29) is 12.5 Å². The van der Waals surface area contributed by atoms with Gasteiger partial charge in [-0.15, -0.1) is 11.3 Å². The minimum absolute atomic E-state index is 0.0718.